The maximum absolute atomic E-state index is 14.3. The minimum absolute atomic E-state index is 0.0363. The van der Waals surface area contributed by atoms with E-state index in [0.29, 0.717) is 30.6 Å². The fourth-order valence-corrected chi connectivity index (χ4v) is 6.24. The van der Waals surface area contributed by atoms with Gasteiger partial charge in [0.1, 0.15) is 11.7 Å². The summed E-state index contributed by atoms with van der Waals surface area (Å²) < 4.78 is 0. The summed E-state index contributed by atoms with van der Waals surface area (Å²) in [4.78, 5) is 41.9. The normalized spacial score (nSPS) is 20.4. The number of aromatic nitrogens is 2. The summed E-state index contributed by atoms with van der Waals surface area (Å²) in [6.07, 6.45) is 3.46. The third kappa shape index (κ3) is 5.14. The highest BCUT2D eigenvalue weighted by Gasteiger charge is 2.48. The molecule has 2 amide bonds. The Morgan fingerprint density at radius 3 is 2.24 bits per heavy atom. The number of benzene rings is 1. The second kappa shape index (κ2) is 10.7. The van der Waals surface area contributed by atoms with Crippen molar-refractivity contribution in [3.63, 3.8) is 0 Å². The Balaban J connectivity index is 1.38. The molecule has 2 aliphatic rings. The highest BCUT2D eigenvalue weighted by molar-refractivity contribution is 5.95. The van der Waals surface area contributed by atoms with Crippen molar-refractivity contribution in [2.45, 2.75) is 58.7 Å². The van der Waals surface area contributed by atoms with E-state index >= 15 is 0 Å². The van der Waals surface area contributed by atoms with Gasteiger partial charge in [-0.3, -0.25) is 14.5 Å². The number of hydrogen-bond acceptors (Lipinski definition) is 4. The van der Waals surface area contributed by atoms with Gasteiger partial charge < -0.3 is 14.8 Å². The van der Waals surface area contributed by atoms with E-state index in [1.807, 2.05) is 41.4 Å². The molecule has 2 fully saturated rings. The van der Waals surface area contributed by atoms with Gasteiger partial charge in [-0.15, -0.1) is 0 Å². The van der Waals surface area contributed by atoms with Gasteiger partial charge in [0.2, 0.25) is 5.91 Å². The second-order valence-electron chi connectivity index (χ2n) is 11.4. The zero-order chi connectivity index (χ0) is 26.1. The van der Waals surface area contributed by atoms with Crippen molar-refractivity contribution in [1.82, 2.24) is 24.7 Å². The lowest BCUT2D eigenvalue weighted by Crippen LogP contribution is -2.48. The number of pyridine rings is 1. The van der Waals surface area contributed by atoms with Crippen LogP contribution in [0, 0.1) is 11.8 Å². The molecular formula is C30H39N5O2. The van der Waals surface area contributed by atoms with Crippen molar-refractivity contribution in [3.05, 3.63) is 66.0 Å². The number of fused-ring (bicyclic) bond motifs is 2. The monoisotopic (exact) mass is 501 g/mol. The van der Waals surface area contributed by atoms with E-state index < -0.39 is 0 Å². The lowest BCUT2D eigenvalue weighted by molar-refractivity contribution is -0.138. The number of hydrogen-bond donors (Lipinski definition) is 1. The van der Waals surface area contributed by atoms with Crippen LogP contribution in [-0.2, 0) is 4.79 Å². The number of carbonyl (C=O) groups is 2. The standard InChI is InChI=1S/C30H39N5O2/c1-20(2)18-33(19-21(3)4)28(22-8-6-5-7-9-22)30(37)35-17-14-26-27(35)13-16-34(26)29(36)25-11-10-23-24(32-25)12-15-31-23/h5-12,15,20-21,26-28,31H,13-14,16-19H2,1-4H3/t26-,27+,28?/m0/s1. The molecule has 0 bridgehead atoms. The summed E-state index contributed by atoms with van der Waals surface area (Å²) in [5.74, 6) is 1.04. The van der Waals surface area contributed by atoms with Gasteiger partial charge in [-0.25, -0.2) is 4.98 Å². The zero-order valence-electron chi connectivity index (χ0n) is 22.4. The van der Waals surface area contributed by atoms with Gasteiger partial charge in [-0.05, 0) is 48.4 Å². The zero-order valence-corrected chi connectivity index (χ0v) is 22.4. The Labute approximate surface area is 219 Å². The fourth-order valence-electron chi connectivity index (χ4n) is 6.24. The number of nitrogens with zero attached hydrogens (tertiary/aromatic N) is 4. The molecule has 3 atom stereocenters. The van der Waals surface area contributed by atoms with E-state index in [-0.39, 0.29) is 29.9 Å². The number of rotatable bonds is 8. The van der Waals surface area contributed by atoms with Crippen LogP contribution < -0.4 is 0 Å². The summed E-state index contributed by atoms with van der Waals surface area (Å²) in [5.41, 5.74) is 3.24. The maximum atomic E-state index is 14.3. The predicted octanol–water partition coefficient (Wildman–Crippen LogP) is 4.73. The van der Waals surface area contributed by atoms with Gasteiger partial charge in [0.05, 0.1) is 23.1 Å². The first-order valence-electron chi connectivity index (χ1n) is 13.7. The summed E-state index contributed by atoms with van der Waals surface area (Å²) in [6, 6.07) is 15.6. The first kappa shape index (κ1) is 25.5. The molecule has 5 rings (SSSR count). The van der Waals surface area contributed by atoms with E-state index in [2.05, 4.69) is 59.6 Å². The first-order chi connectivity index (χ1) is 17.8. The Morgan fingerprint density at radius 1 is 0.919 bits per heavy atom. The third-order valence-corrected chi connectivity index (χ3v) is 7.66. The van der Waals surface area contributed by atoms with Crippen molar-refractivity contribution in [2.75, 3.05) is 26.2 Å². The van der Waals surface area contributed by atoms with Crippen LogP contribution in [0.5, 0.6) is 0 Å². The molecule has 0 spiro atoms. The smallest absolute Gasteiger partial charge is 0.272 e. The molecular weight excluding hydrogens is 462 g/mol. The van der Waals surface area contributed by atoms with E-state index in [9.17, 15) is 9.59 Å². The maximum Gasteiger partial charge on any atom is 0.272 e. The van der Waals surface area contributed by atoms with Gasteiger partial charge in [0.15, 0.2) is 0 Å². The number of likely N-dealkylation sites (tertiary alicyclic amines) is 2. The first-order valence-corrected chi connectivity index (χ1v) is 13.7. The van der Waals surface area contributed by atoms with Gasteiger partial charge >= 0.3 is 0 Å². The number of aromatic amines is 1. The quantitative estimate of drug-likeness (QED) is 0.484. The predicted molar refractivity (Wildman–Crippen MR) is 146 cm³/mol. The number of H-pyrrole nitrogens is 1. The highest BCUT2D eigenvalue weighted by atomic mass is 16.2. The Morgan fingerprint density at radius 2 is 1.57 bits per heavy atom. The number of amides is 2. The summed E-state index contributed by atoms with van der Waals surface area (Å²) in [7, 11) is 0. The summed E-state index contributed by atoms with van der Waals surface area (Å²) in [6.45, 7) is 11.9. The van der Waals surface area contributed by atoms with Crippen LogP contribution in [0.3, 0.4) is 0 Å². The molecule has 4 heterocycles. The second-order valence-corrected chi connectivity index (χ2v) is 11.4. The minimum atomic E-state index is -0.313. The molecule has 2 saturated heterocycles. The molecule has 0 aliphatic carbocycles. The van der Waals surface area contributed by atoms with E-state index in [1.165, 1.54) is 0 Å². The molecule has 3 aromatic rings. The van der Waals surface area contributed by atoms with Crippen LogP contribution in [0.1, 0.15) is 62.6 Å². The van der Waals surface area contributed by atoms with E-state index in [0.717, 1.165) is 42.5 Å². The lowest BCUT2D eigenvalue weighted by Gasteiger charge is -2.37. The van der Waals surface area contributed by atoms with Gasteiger partial charge in [-0.2, -0.15) is 0 Å². The van der Waals surface area contributed by atoms with Crippen LogP contribution in [-0.4, -0.2) is 74.7 Å². The van der Waals surface area contributed by atoms with Crippen LogP contribution in [0.4, 0.5) is 0 Å². The molecule has 1 unspecified atom stereocenters. The highest BCUT2D eigenvalue weighted by Crippen LogP contribution is 2.36. The van der Waals surface area contributed by atoms with Gasteiger partial charge in [0.25, 0.3) is 5.91 Å². The molecule has 196 valence electrons. The van der Waals surface area contributed by atoms with Crippen LogP contribution in [0.2, 0.25) is 0 Å². The molecule has 1 aromatic carbocycles. The Bertz CT molecular complexity index is 1230. The van der Waals surface area contributed by atoms with Crippen molar-refractivity contribution in [1.29, 1.82) is 0 Å². The average molecular weight is 502 g/mol. The largest absolute Gasteiger partial charge is 0.360 e. The van der Waals surface area contributed by atoms with Crippen molar-refractivity contribution in [3.8, 4) is 0 Å². The fraction of sp³-hybridized carbons (Fsp3) is 0.500. The van der Waals surface area contributed by atoms with Crippen molar-refractivity contribution < 1.29 is 9.59 Å². The molecule has 7 nitrogen and oxygen atoms in total. The molecule has 7 heteroatoms. The number of nitrogens with one attached hydrogen (secondary N) is 1. The number of carbonyl (C=O) groups excluding carboxylic acids is 2. The Hall–Kier alpha value is -3.19. The lowest BCUT2D eigenvalue weighted by atomic mass is 9.99. The third-order valence-electron chi connectivity index (χ3n) is 7.66. The summed E-state index contributed by atoms with van der Waals surface area (Å²) in [5, 5.41) is 0. The molecule has 2 aliphatic heterocycles. The van der Waals surface area contributed by atoms with Crippen LogP contribution >= 0.6 is 0 Å². The van der Waals surface area contributed by atoms with Crippen molar-refractivity contribution >= 4 is 22.8 Å². The molecule has 2 aromatic heterocycles. The average Bonchev–Trinajstić information content (AvgIpc) is 3.59. The van der Waals surface area contributed by atoms with Crippen LogP contribution in [0.15, 0.2) is 54.7 Å². The van der Waals surface area contributed by atoms with Crippen molar-refractivity contribution in [2.24, 2.45) is 11.8 Å². The molecule has 0 saturated carbocycles. The van der Waals surface area contributed by atoms with Crippen LogP contribution in [0.25, 0.3) is 11.0 Å². The summed E-state index contributed by atoms with van der Waals surface area (Å²) >= 11 is 0. The molecule has 37 heavy (non-hydrogen) atoms. The van der Waals surface area contributed by atoms with E-state index in [4.69, 9.17) is 0 Å². The molecule has 0 radical (unpaired) electrons. The Kier molecular flexibility index (Phi) is 7.33. The topological polar surface area (TPSA) is 72.5 Å². The van der Waals surface area contributed by atoms with Gasteiger partial charge in [-0.1, -0.05) is 58.0 Å². The SMILES string of the molecule is CC(C)CN(CC(C)C)C(C(=O)N1CC[C@H]2[C@H]1CCN2C(=O)c1ccc2[nH]ccc2n1)c1ccccc1. The van der Waals surface area contributed by atoms with E-state index in [1.54, 1.807) is 6.07 Å². The van der Waals surface area contributed by atoms with Gasteiger partial charge in [0, 0.05) is 32.4 Å². The molecule has 1 N–H and O–H groups in total. The minimum Gasteiger partial charge on any atom is -0.360 e.